The maximum atomic E-state index is 11.4. The maximum Gasteiger partial charge on any atom is 0.193 e. The first kappa shape index (κ1) is 17.2. The topological polar surface area (TPSA) is 61.8 Å². The van der Waals surface area contributed by atoms with Crippen molar-refractivity contribution in [1.29, 1.82) is 0 Å². The molecule has 0 aromatic carbocycles. The van der Waals surface area contributed by atoms with Crippen LogP contribution in [-0.4, -0.2) is 57.5 Å². The van der Waals surface area contributed by atoms with E-state index in [2.05, 4.69) is 17.2 Å². The Hall–Kier alpha value is -0.780. The normalized spacial score (nSPS) is 12.6. The number of rotatable bonds is 8. The number of aliphatic imine (C=N–C) groups is 1. The molecule has 0 atom stereocenters. The molecule has 0 aromatic heterocycles. The van der Waals surface area contributed by atoms with Gasteiger partial charge in [0.2, 0.25) is 0 Å². The third-order valence-electron chi connectivity index (χ3n) is 2.65. The van der Waals surface area contributed by atoms with E-state index in [9.17, 15) is 8.42 Å². The summed E-state index contributed by atoms with van der Waals surface area (Å²) in [6, 6.07) is 0. The molecule has 0 amide bonds. The number of sulfone groups is 1. The highest BCUT2D eigenvalue weighted by atomic mass is 32.2. The summed E-state index contributed by atoms with van der Waals surface area (Å²) < 4.78 is 22.8. The van der Waals surface area contributed by atoms with Crippen LogP contribution in [0.4, 0.5) is 0 Å². The van der Waals surface area contributed by atoms with Crippen molar-refractivity contribution in [3.63, 3.8) is 0 Å². The summed E-state index contributed by atoms with van der Waals surface area (Å²) in [7, 11) is -0.948. The van der Waals surface area contributed by atoms with Gasteiger partial charge in [-0.25, -0.2) is 8.42 Å². The number of unbranched alkanes of at least 4 members (excludes halogenated alkanes) is 1. The van der Waals surface area contributed by atoms with Gasteiger partial charge in [-0.2, -0.15) is 0 Å². The van der Waals surface area contributed by atoms with E-state index in [-0.39, 0.29) is 11.5 Å². The van der Waals surface area contributed by atoms with Crippen molar-refractivity contribution in [2.24, 2.45) is 4.99 Å². The van der Waals surface area contributed by atoms with Crippen LogP contribution in [0.5, 0.6) is 0 Å². The van der Waals surface area contributed by atoms with Gasteiger partial charge in [0.25, 0.3) is 0 Å². The fourth-order valence-electron chi connectivity index (χ4n) is 1.41. The van der Waals surface area contributed by atoms with Crippen molar-refractivity contribution >= 4 is 15.8 Å². The third kappa shape index (κ3) is 7.53. The average Bonchev–Trinajstić information content (AvgIpc) is 2.34. The highest BCUT2D eigenvalue weighted by molar-refractivity contribution is 7.91. The molecule has 108 valence electrons. The van der Waals surface area contributed by atoms with Gasteiger partial charge in [0.05, 0.1) is 12.3 Å². The SMILES string of the molecule is CCCCN(C)C(=NCCS(=O)(=O)CC)NCC. The highest BCUT2D eigenvalue weighted by Crippen LogP contribution is 1.95. The van der Waals surface area contributed by atoms with Crippen LogP contribution in [0.1, 0.15) is 33.6 Å². The van der Waals surface area contributed by atoms with Crippen LogP contribution in [0.3, 0.4) is 0 Å². The standard InChI is InChI=1S/C12H27N3O2S/c1-5-8-10-15(4)12(13-6-2)14-9-11-18(16,17)7-3/h5-11H2,1-4H3,(H,13,14). The van der Waals surface area contributed by atoms with Gasteiger partial charge in [-0.15, -0.1) is 0 Å². The van der Waals surface area contributed by atoms with Crippen LogP contribution in [0, 0.1) is 0 Å². The molecule has 0 radical (unpaired) electrons. The molecule has 6 heteroatoms. The highest BCUT2D eigenvalue weighted by Gasteiger charge is 2.08. The van der Waals surface area contributed by atoms with Gasteiger partial charge < -0.3 is 10.2 Å². The van der Waals surface area contributed by atoms with E-state index in [0.29, 0.717) is 6.54 Å². The molecule has 0 heterocycles. The summed E-state index contributed by atoms with van der Waals surface area (Å²) in [4.78, 5) is 6.40. The van der Waals surface area contributed by atoms with Gasteiger partial charge in [-0.05, 0) is 13.3 Å². The Labute approximate surface area is 112 Å². The quantitative estimate of drug-likeness (QED) is 0.533. The minimum atomic E-state index is -2.93. The summed E-state index contributed by atoms with van der Waals surface area (Å²) in [5.74, 6) is 1.10. The summed E-state index contributed by atoms with van der Waals surface area (Å²) in [5.41, 5.74) is 0. The van der Waals surface area contributed by atoms with Crippen molar-refractivity contribution in [3.05, 3.63) is 0 Å². The van der Waals surface area contributed by atoms with Crippen LogP contribution in [0.15, 0.2) is 4.99 Å². The lowest BCUT2D eigenvalue weighted by Crippen LogP contribution is -2.39. The van der Waals surface area contributed by atoms with E-state index in [1.165, 1.54) is 0 Å². The molecular formula is C12H27N3O2S. The molecule has 0 saturated heterocycles. The third-order valence-corrected chi connectivity index (χ3v) is 4.33. The van der Waals surface area contributed by atoms with Crippen LogP contribution < -0.4 is 5.32 Å². The number of nitrogens with zero attached hydrogens (tertiary/aromatic N) is 2. The second-order valence-electron chi connectivity index (χ2n) is 4.25. The molecular weight excluding hydrogens is 250 g/mol. The smallest absolute Gasteiger partial charge is 0.193 e. The van der Waals surface area contributed by atoms with E-state index >= 15 is 0 Å². The van der Waals surface area contributed by atoms with Crippen LogP contribution in [0.2, 0.25) is 0 Å². The van der Waals surface area contributed by atoms with Crippen molar-refractivity contribution in [2.75, 3.05) is 38.2 Å². The van der Waals surface area contributed by atoms with Gasteiger partial charge in [-0.3, -0.25) is 4.99 Å². The Morgan fingerprint density at radius 2 is 1.94 bits per heavy atom. The van der Waals surface area contributed by atoms with Crippen molar-refractivity contribution in [1.82, 2.24) is 10.2 Å². The van der Waals surface area contributed by atoms with Crippen molar-refractivity contribution in [2.45, 2.75) is 33.6 Å². The van der Waals surface area contributed by atoms with Gasteiger partial charge in [0, 0.05) is 25.9 Å². The first-order valence-electron chi connectivity index (χ1n) is 6.66. The number of guanidine groups is 1. The molecule has 5 nitrogen and oxygen atoms in total. The molecule has 0 spiro atoms. The molecule has 0 aromatic rings. The van der Waals surface area contributed by atoms with Crippen LogP contribution in [-0.2, 0) is 9.84 Å². The van der Waals surface area contributed by atoms with E-state index < -0.39 is 9.84 Å². The Morgan fingerprint density at radius 1 is 1.28 bits per heavy atom. The summed E-state index contributed by atoms with van der Waals surface area (Å²) in [6.45, 7) is 7.86. The fourth-order valence-corrected chi connectivity index (χ4v) is 2.06. The molecule has 0 aliphatic heterocycles. The molecule has 0 rings (SSSR count). The zero-order valence-electron chi connectivity index (χ0n) is 12.1. The lowest BCUT2D eigenvalue weighted by atomic mass is 10.3. The molecule has 0 saturated carbocycles. The van der Waals surface area contributed by atoms with Gasteiger partial charge in [0.1, 0.15) is 0 Å². The minimum absolute atomic E-state index is 0.125. The molecule has 0 aliphatic carbocycles. The fraction of sp³-hybridized carbons (Fsp3) is 0.917. The Kier molecular flexibility index (Phi) is 8.79. The molecule has 0 fully saturated rings. The van der Waals surface area contributed by atoms with Gasteiger partial charge >= 0.3 is 0 Å². The van der Waals surface area contributed by atoms with Crippen molar-refractivity contribution < 1.29 is 8.42 Å². The second-order valence-corrected chi connectivity index (χ2v) is 6.72. The summed E-state index contributed by atoms with van der Waals surface area (Å²) >= 11 is 0. The lowest BCUT2D eigenvalue weighted by molar-refractivity contribution is 0.465. The lowest BCUT2D eigenvalue weighted by Gasteiger charge is -2.21. The molecule has 1 N–H and O–H groups in total. The Balaban J connectivity index is 4.39. The first-order valence-corrected chi connectivity index (χ1v) is 8.48. The Bertz CT molecular complexity index is 339. The van der Waals surface area contributed by atoms with E-state index in [4.69, 9.17) is 0 Å². The largest absolute Gasteiger partial charge is 0.357 e. The van der Waals surface area contributed by atoms with Gasteiger partial charge in [-0.1, -0.05) is 20.3 Å². The van der Waals surface area contributed by atoms with E-state index in [1.807, 2.05) is 18.9 Å². The molecule has 0 unspecified atom stereocenters. The first-order chi connectivity index (χ1) is 8.46. The maximum absolute atomic E-state index is 11.4. The zero-order valence-corrected chi connectivity index (χ0v) is 12.9. The number of nitrogens with one attached hydrogen (secondary N) is 1. The zero-order chi connectivity index (χ0) is 14.0. The molecule has 0 aliphatic rings. The van der Waals surface area contributed by atoms with Gasteiger partial charge in [0.15, 0.2) is 15.8 Å². The number of hydrogen-bond acceptors (Lipinski definition) is 3. The molecule has 0 bridgehead atoms. The van der Waals surface area contributed by atoms with E-state index in [0.717, 1.165) is 31.9 Å². The minimum Gasteiger partial charge on any atom is -0.357 e. The average molecular weight is 277 g/mol. The van der Waals surface area contributed by atoms with Crippen molar-refractivity contribution in [3.8, 4) is 0 Å². The number of hydrogen-bond donors (Lipinski definition) is 1. The monoisotopic (exact) mass is 277 g/mol. The Morgan fingerprint density at radius 3 is 2.44 bits per heavy atom. The summed E-state index contributed by atoms with van der Waals surface area (Å²) in [6.07, 6.45) is 2.24. The van der Waals surface area contributed by atoms with Crippen LogP contribution in [0.25, 0.3) is 0 Å². The van der Waals surface area contributed by atoms with Crippen LogP contribution >= 0.6 is 0 Å². The predicted octanol–water partition coefficient (Wildman–Crippen LogP) is 1.12. The van der Waals surface area contributed by atoms with E-state index in [1.54, 1.807) is 6.92 Å². The predicted molar refractivity (Wildman–Crippen MR) is 77.8 cm³/mol. The second kappa shape index (κ2) is 9.19. The molecule has 18 heavy (non-hydrogen) atoms. The summed E-state index contributed by atoms with van der Waals surface area (Å²) in [5, 5.41) is 3.18.